The monoisotopic (exact) mass is 331 g/mol. The van der Waals surface area contributed by atoms with Crippen molar-refractivity contribution in [1.82, 2.24) is 14.9 Å². The quantitative estimate of drug-likeness (QED) is 0.477. The molecular formula is C22H25N3. The molecule has 2 aromatic heterocycles. The molecule has 0 bridgehead atoms. The second kappa shape index (κ2) is 6.77. The lowest BCUT2D eigenvalue weighted by atomic mass is 10.1. The first-order valence-corrected chi connectivity index (χ1v) is 9.08. The number of benzene rings is 2. The van der Waals surface area contributed by atoms with Crippen LogP contribution in [0, 0.1) is 0 Å². The first-order chi connectivity index (χ1) is 12.2. The van der Waals surface area contributed by atoms with Gasteiger partial charge < -0.3 is 14.9 Å². The molecule has 2 aromatic carbocycles. The largest absolute Gasteiger partial charge is 0.361 e. The fourth-order valence-electron chi connectivity index (χ4n) is 3.63. The van der Waals surface area contributed by atoms with Gasteiger partial charge in [0.15, 0.2) is 0 Å². The molecule has 3 nitrogen and oxygen atoms in total. The molecule has 0 fully saturated rings. The minimum atomic E-state index is 0.477. The molecule has 0 aliphatic heterocycles. The molecule has 2 N–H and O–H groups in total. The summed E-state index contributed by atoms with van der Waals surface area (Å²) in [7, 11) is 0. The van der Waals surface area contributed by atoms with Crippen molar-refractivity contribution in [2.75, 3.05) is 6.54 Å². The van der Waals surface area contributed by atoms with Crippen LogP contribution in [-0.4, -0.2) is 16.1 Å². The van der Waals surface area contributed by atoms with Crippen molar-refractivity contribution >= 4 is 21.8 Å². The zero-order valence-electron chi connectivity index (χ0n) is 14.9. The van der Waals surface area contributed by atoms with Crippen molar-refractivity contribution < 1.29 is 0 Å². The summed E-state index contributed by atoms with van der Waals surface area (Å²) in [6.07, 6.45) is 5.47. The van der Waals surface area contributed by atoms with E-state index in [9.17, 15) is 0 Å². The van der Waals surface area contributed by atoms with Crippen LogP contribution in [0.25, 0.3) is 21.8 Å². The van der Waals surface area contributed by atoms with Crippen molar-refractivity contribution in [3.05, 3.63) is 72.1 Å². The van der Waals surface area contributed by atoms with E-state index in [1.807, 2.05) is 0 Å². The Morgan fingerprint density at radius 1 is 0.960 bits per heavy atom. The molecule has 3 heteroatoms. The second-order valence-electron chi connectivity index (χ2n) is 6.96. The van der Waals surface area contributed by atoms with Gasteiger partial charge in [-0.25, -0.2) is 0 Å². The number of para-hydroxylation sites is 2. The highest BCUT2D eigenvalue weighted by atomic mass is 15.0. The first-order valence-electron chi connectivity index (χ1n) is 9.08. The number of nitrogens with one attached hydrogen (secondary N) is 2. The summed E-state index contributed by atoms with van der Waals surface area (Å²) in [5, 5.41) is 6.31. The van der Waals surface area contributed by atoms with Crippen molar-refractivity contribution in [3.63, 3.8) is 0 Å². The summed E-state index contributed by atoms with van der Waals surface area (Å²) < 4.78 is 2.37. The predicted octanol–water partition coefficient (Wildman–Crippen LogP) is 5.04. The van der Waals surface area contributed by atoms with Crippen molar-refractivity contribution in [3.8, 4) is 0 Å². The third-order valence-corrected chi connectivity index (χ3v) is 4.94. The minimum absolute atomic E-state index is 0.477. The molecule has 25 heavy (non-hydrogen) atoms. The molecule has 0 atom stereocenters. The summed E-state index contributed by atoms with van der Waals surface area (Å²) in [5.41, 5.74) is 5.30. The van der Waals surface area contributed by atoms with E-state index in [-0.39, 0.29) is 0 Å². The summed E-state index contributed by atoms with van der Waals surface area (Å²) in [4.78, 5) is 3.36. The average molecular weight is 331 g/mol. The zero-order valence-corrected chi connectivity index (χ0v) is 14.9. The lowest BCUT2D eigenvalue weighted by Crippen LogP contribution is -2.16. The van der Waals surface area contributed by atoms with Crippen molar-refractivity contribution in [1.29, 1.82) is 0 Å². The van der Waals surface area contributed by atoms with Gasteiger partial charge in [-0.1, -0.05) is 36.4 Å². The molecule has 0 spiro atoms. The highest BCUT2D eigenvalue weighted by Gasteiger charge is 2.10. The molecule has 0 unspecified atom stereocenters. The molecule has 0 amide bonds. The van der Waals surface area contributed by atoms with E-state index >= 15 is 0 Å². The number of aromatic amines is 1. The van der Waals surface area contributed by atoms with Crippen LogP contribution in [0.1, 0.15) is 31.0 Å². The van der Waals surface area contributed by atoms with Crippen LogP contribution in [0.5, 0.6) is 0 Å². The number of aromatic nitrogens is 2. The zero-order chi connectivity index (χ0) is 17.2. The Labute approximate surface area is 148 Å². The smallest absolute Gasteiger partial charge is 0.0486 e. The Balaban J connectivity index is 1.44. The lowest BCUT2D eigenvalue weighted by molar-refractivity contribution is 0.617. The van der Waals surface area contributed by atoms with E-state index in [1.54, 1.807) is 0 Å². The van der Waals surface area contributed by atoms with Crippen LogP contribution in [0.15, 0.2) is 60.9 Å². The number of hydrogen-bond donors (Lipinski definition) is 2. The van der Waals surface area contributed by atoms with Crippen LogP contribution < -0.4 is 5.32 Å². The number of hydrogen-bond acceptors (Lipinski definition) is 1. The van der Waals surface area contributed by atoms with Crippen LogP contribution in [0.2, 0.25) is 0 Å². The topological polar surface area (TPSA) is 32.8 Å². The van der Waals surface area contributed by atoms with Gasteiger partial charge in [0.2, 0.25) is 0 Å². The van der Waals surface area contributed by atoms with Gasteiger partial charge in [-0.05, 0) is 50.1 Å². The Morgan fingerprint density at radius 2 is 1.72 bits per heavy atom. The highest BCUT2D eigenvalue weighted by molar-refractivity contribution is 5.84. The third-order valence-electron chi connectivity index (χ3n) is 4.94. The summed E-state index contributed by atoms with van der Waals surface area (Å²) in [5.74, 6) is 0. The number of nitrogens with zero attached hydrogens (tertiary/aromatic N) is 1. The normalized spacial score (nSPS) is 11.8. The summed E-state index contributed by atoms with van der Waals surface area (Å²) in [6.45, 7) is 6.35. The minimum Gasteiger partial charge on any atom is -0.361 e. The van der Waals surface area contributed by atoms with E-state index in [0.29, 0.717) is 6.04 Å². The van der Waals surface area contributed by atoms with E-state index in [4.69, 9.17) is 0 Å². The van der Waals surface area contributed by atoms with Crippen LogP contribution >= 0.6 is 0 Å². The van der Waals surface area contributed by atoms with Gasteiger partial charge in [0, 0.05) is 46.8 Å². The van der Waals surface area contributed by atoms with E-state index < -0.39 is 0 Å². The molecule has 2 heterocycles. The third kappa shape index (κ3) is 3.08. The molecular weight excluding hydrogens is 306 g/mol. The van der Waals surface area contributed by atoms with E-state index in [0.717, 1.165) is 19.5 Å². The van der Waals surface area contributed by atoms with Gasteiger partial charge in [0.05, 0.1) is 0 Å². The fourth-order valence-corrected chi connectivity index (χ4v) is 3.63. The van der Waals surface area contributed by atoms with Crippen molar-refractivity contribution in [2.24, 2.45) is 0 Å². The first kappa shape index (κ1) is 16.0. The highest BCUT2D eigenvalue weighted by Crippen LogP contribution is 2.24. The number of fused-ring (bicyclic) bond motifs is 2. The molecule has 128 valence electrons. The lowest BCUT2D eigenvalue weighted by Gasteiger charge is -2.08. The van der Waals surface area contributed by atoms with Gasteiger partial charge >= 0.3 is 0 Å². The maximum Gasteiger partial charge on any atom is 0.0486 e. The Bertz CT molecular complexity index is 991. The predicted molar refractivity (Wildman–Crippen MR) is 106 cm³/mol. The number of H-pyrrole nitrogens is 1. The Hall–Kier alpha value is -2.52. The summed E-state index contributed by atoms with van der Waals surface area (Å²) in [6, 6.07) is 17.7. The van der Waals surface area contributed by atoms with Crippen molar-refractivity contribution in [2.45, 2.75) is 32.9 Å². The van der Waals surface area contributed by atoms with Gasteiger partial charge in [-0.2, -0.15) is 0 Å². The van der Waals surface area contributed by atoms with Gasteiger partial charge in [0.25, 0.3) is 0 Å². The van der Waals surface area contributed by atoms with Gasteiger partial charge in [0.1, 0.15) is 0 Å². The Kier molecular flexibility index (Phi) is 4.33. The molecule has 0 saturated carbocycles. The van der Waals surface area contributed by atoms with Gasteiger partial charge in [-0.3, -0.25) is 0 Å². The SMILES string of the molecule is CC(C)n1cc(CNCCc2c[nH]c3ccccc23)c2ccccc21. The molecule has 0 aliphatic carbocycles. The maximum atomic E-state index is 3.62. The molecule has 0 radical (unpaired) electrons. The van der Waals surface area contributed by atoms with Crippen LogP contribution in [0.4, 0.5) is 0 Å². The second-order valence-corrected chi connectivity index (χ2v) is 6.96. The molecule has 0 aliphatic rings. The maximum absolute atomic E-state index is 3.62. The average Bonchev–Trinajstić information content (AvgIpc) is 3.21. The Morgan fingerprint density at radius 3 is 2.56 bits per heavy atom. The standard InChI is InChI=1S/C22H25N3/c1-16(2)25-15-18(20-8-4-6-10-22(20)25)13-23-12-11-17-14-24-21-9-5-3-7-19(17)21/h3-10,14-16,23-24H,11-13H2,1-2H3. The molecule has 4 aromatic rings. The van der Waals surface area contributed by atoms with E-state index in [1.165, 1.54) is 32.9 Å². The molecule has 4 rings (SSSR count). The fraction of sp³-hybridized carbons (Fsp3) is 0.273. The van der Waals surface area contributed by atoms with Crippen LogP contribution in [0.3, 0.4) is 0 Å². The van der Waals surface area contributed by atoms with Gasteiger partial charge in [-0.15, -0.1) is 0 Å². The van der Waals surface area contributed by atoms with Crippen LogP contribution in [-0.2, 0) is 13.0 Å². The summed E-state index contributed by atoms with van der Waals surface area (Å²) >= 11 is 0. The van der Waals surface area contributed by atoms with E-state index in [2.05, 4.69) is 89.6 Å². The molecule has 0 saturated heterocycles. The number of rotatable bonds is 6.